The van der Waals surface area contributed by atoms with Gasteiger partial charge in [0.05, 0.1) is 12.2 Å². The van der Waals surface area contributed by atoms with Crippen LogP contribution in [-0.2, 0) is 0 Å². The van der Waals surface area contributed by atoms with Crippen LogP contribution in [0.1, 0.15) is 38.5 Å². The van der Waals surface area contributed by atoms with E-state index in [1.807, 2.05) is 0 Å². The van der Waals surface area contributed by atoms with Crippen molar-refractivity contribution in [2.45, 2.75) is 50.7 Å². The summed E-state index contributed by atoms with van der Waals surface area (Å²) in [7, 11) is 0. The van der Waals surface area contributed by atoms with Gasteiger partial charge in [0, 0.05) is 13.1 Å². The molecule has 0 aromatic rings. The maximum absolute atomic E-state index is 9.48. The van der Waals surface area contributed by atoms with Crippen LogP contribution < -0.4 is 11.5 Å². The van der Waals surface area contributed by atoms with Crippen LogP contribution in [0.25, 0.3) is 0 Å². The van der Waals surface area contributed by atoms with E-state index in [0.717, 1.165) is 38.5 Å². The minimum atomic E-state index is -0.337. The van der Waals surface area contributed by atoms with Crippen molar-refractivity contribution in [2.24, 2.45) is 23.3 Å². The average Bonchev–Trinajstić information content (AvgIpc) is 2.31. The Morgan fingerprint density at radius 1 is 0.812 bits per heavy atom. The summed E-state index contributed by atoms with van der Waals surface area (Å²) in [6, 6.07) is 0. The molecule has 0 saturated heterocycles. The lowest BCUT2D eigenvalue weighted by Gasteiger charge is -2.30. The fourth-order valence-corrected chi connectivity index (χ4v) is 2.66. The molecule has 2 unspecified atom stereocenters. The number of aliphatic hydroxyl groups excluding tert-OH is 2. The van der Waals surface area contributed by atoms with Crippen LogP contribution in [0.3, 0.4) is 0 Å². The molecule has 1 fully saturated rings. The molecule has 0 bridgehead atoms. The van der Waals surface area contributed by atoms with Gasteiger partial charge >= 0.3 is 0 Å². The summed E-state index contributed by atoms with van der Waals surface area (Å²) < 4.78 is 0. The minimum absolute atomic E-state index is 0.337. The Balaban J connectivity index is 2.18. The number of rotatable bonds is 6. The Morgan fingerprint density at radius 3 is 1.38 bits per heavy atom. The van der Waals surface area contributed by atoms with Crippen LogP contribution in [0.4, 0.5) is 0 Å². The van der Waals surface area contributed by atoms with Gasteiger partial charge in [0.2, 0.25) is 0 Å². The number of nitrogens with two attached hydrogens (primary N) is 2. The van der Waals surface area contributed by atoms with Gasteiger partial charge in [-0.15, -0.1) is 0 Å². The molecule has 1 aliphatic rings. The topological polar surface area (TPSA) is 92.5 Å². The Hall–Kier alpha value is -0.160. The van der Waals surface area contributed by atoms with Gasteiger partial charge in [0.25, 0.3) is 0 Å². The lowest BCUT2D eigenvalue weighted by Crippen LogP contribution is -2.28. The Kier molecular flexibility index (Phi) is 6.28. The monoisotopic (exact) mass is 230 g/mol. The molecule has 6 N–H and O–H groups in total. The number of aliphatic hydroxyl groups is 2. The average molecular weight is 230 g/mol. The SMILES string of the molecule is NCC(O)CC1CCC(CC(O)CN)CC1. The maximum Gasteiger partial charge on any atom is 0.0665 e. The first-order valence-corrected chi connectivity index (χ1v) is 6.42. The smallest absolute Gasteiger partial charge is 0.0665 e. The van der Waals surface area contributed by atoms with E-state index < -0.39 is 0 Å². The van der Waals surface area contributed by atoms with Crippen molar-refractivity contribution in [1.82, 2.24) is 0 Å². The fraction of sp³-hybridized carbons (Fsp3) is 1.00. The van der Waals surface area contributed by atoms with E-state index in [1.165, 1.54) is 0 Å². The summed E-state index contributed by atoms with van der Waals surface area (Å²) in [5, 5.41) is 19.0. The summed E-state index contributed by atoms with van der Waals surface area (Å²) >= 11 is 0. The predicted molar refractivity (Wildman–Crippen MR) is 64.8 cm³/mol. The molecular formula is C12H26N2O2. The molecule has 16 heavy (non-hydrogen) atoms. The zero-order valence-corrected chi connectivity index (χ0v) is 10.0. The second-order valence-electron chi connectivity index (χ2n) is 5.14. The predicted octanol–water partition coefficient (Wildman–Crippen LogP) is 0.212. The van der Waals surface area contributed by atoms with Crippen molar-refractivity contribution in [3.8, 4) is 0 Å². The van der Waals surface area contributed by atoms with Gasteiger partial charge in [-0.3, -0.25) is 0 Å². The van der Waals surface area contributed by atoms with Crippen molar-refractivity contribution >= 4 is 0 Å². The first kappa shape index (κ1) is 13.9. The molecule has 96 valence electrons. The van der Waals surface area contributed by atoms with E-state index in [-0.39, 0.29) is 12.2 Å². The molecule has 0 radical (unpaired) electrons. The summed E-state index contributed by atoms with van der Waals surface area (Å²) in [4.78, 5) is 0. The Bertz CT molecular complexity index is 162. The van der Waals surface area contributed by atoms with Gasteiger partial charge in [-0.05, 0) is 24.7 Å². The second-order valence-corrected chi connectivity index (χ2v) is 5.14. The third-order valence-electron chi connectivity index (χ3n) is 3.72. The normalized spacial score (nSPS) is 30.0. The van der Waals surface area contributed by atoms with E-state index in [0.29, 0.717) is 24.9 Å². The standard InChI is InChI=1S/C12H26N2O2/c13-7-11(15)5-9-1-2-10(4-3-9)6-12(16)8-14/h9-12,15-16H,1-8,13-14H2. The number of hydrogen-bond donors (Lipinski definition) is 4. The summed E-state index contributed by atoms with van der Waals surface area (Å²) in [5.41, 5.74) is 10.8. The third kappa shape index (κ3) is 4.78. The Labute approximate surface area is 98.0 Å². The lowest BCUT2D eigenvalue weighted by molar-refractivity contribution is 0.105. The van der Waals surface area contributed by atoms with Crippen molar-refractivity contribution < 1.29 is 10.2 Å². The Morgan fingerprint density at radius 2 is 1.12 bits per heavy atom. The molecule has 1 aliphatic carbocycles. The van der Waals surface area contributed by atoms with Crippen LogP contribution in [0.5, 0.6) is 0 Å². The second kappa shape index (κ2) is 7.22. The van der Waals surface area contributed by atoms with E-state index in [4.69, 9.17) is 11.5 Å². The van der Waals surface area contributed by atoms with Crippen molar-refractivity contribution in [3.05, 3.63) is 0 Å². The molecule has 4 heteroatoms. The van der Waals surface area contributed by atoms with Crippen LogP contribution in [0.2, 0.25) is 0 Å². The molecule has 0 heterocycles. The number of hydrogen-bond acceptors (Lipinski definition) is 4. The van der Waals surface area contributed by atoms with Crippen molar-refractivity contribution in [1.29, 1.82) is 0 Å². The fourth-order valence-electron chi connectivity index (χ4n) is 2.66. The van der Waals surface area contributed by atoms with Crippen LogP contribution >= 0.6 is 0 Å². The van der Waals surface area contributed by atoms with Gasteiger partial charge in [0.15, 0.2) is 0 Å². The molecule has 2 atom stereocenters. The quantitative estimate of drug-likeness (QED) is 0.525. The van der Waals surface area contributed by atoms with Gasteiger partial charge in [-0.1, -0.05) is 25.7 Å². The summed E-state index contributed by atoms with van der Waals surface area (Å²) in [6.45, 7) is 0.734. The van der Waals surface area contributed by atoms with Gasteiger partial charge in [0.1, 0.15) is 0 Å². The molecule has 4 nitrogen and oxygen atoms in total. The highest BCUT2D eigenvalue weighted by Crippen LogP contribution is 2.33. The van der Waals surface area contributed by atoms with E-state index in [9.17, 15) is 10.2 Å². The molecular weight excluding hydrogens is 204 g/mol. The van der Waals surface area contributed by atoms with Crippen LogP contribution in [0.15, 0.2) is 0 Å². The first-order chi connectivity index (χ1) is 7.65. The van der Waals surface area contributed by atoms with E-state index >= 15 is 0 Å². The molecule has 0 aromatic heterocycles. The molecule has 1 rings (SSSR count). The molecule has 1 saturated carbocycles. The maximum atomic E-state index is 9.48. The first-order valence-electron chi connectivity index (χ1n) is 6.42. The molecule has 0 amide bonds. The zero-order chi connectivity index (χ0) is 12.0. The molecule has 0 aliphatic heterocycles. The zero-order valence-electron chi connectivity index (χ0n) is 10.0. The highest BCUT2D eigenvalue weighted by atomic mass is 16.3. The van der Waals surface area contributed by atoms with Gasteiger partial charge < -0.3 is 21.7 Å². The molecule has 0 aromatic carbocycles. The van der Waals surface area contributed by atoms with E-state index in [1.54, 1.807) is 0 Å². The lowest BCUT2D eigenvalue weighted by atomic mass is 9.77. The highest BCUT2D eigenvalue weighted by molar-refractivity contribution is 4.76. The van der Waals surface area contributed by atoms with Crippen LogP contribution in [0, 0.1) is 11.8 Å². The van der Waals surface area contributed by atoms with Crippen LogP contribution in [-0.4, -0.2) is 35.5 Å². The van der Waals surface area contributed by atoms with Gasteiger partial charge in [-0.25, -0.2) is 0 Å². The summed E-state index contributed by atoms with van der Waals surface area (Å²) in [5.74, 6) is 1.23. The highest BCUT2D eigenvalue weighted by Gasteiger charge is 2.24. The minimum Gasteiger partial charge on any atom is -0.392 e. The largest absolute Gasteiger partial charge is 0.392 e. The van der Waals surface area contributed by atoms with Crippen molar-refractivity contribution in [3.63, 3.8) is 0 Å². The molecule has 0 spiro atoms. The van der Waals surface area contributed by atoms with Gasteiger partial charge in [-0.2, -0.15) is 0 Å². The van der Waals surface area contributed by atoms with E-state index in [2.05, 4.69) is 0 Å². The third-order valence-corrected chi connectivity index (χ3v) is 3.72. The van der Waals surface area contributed by atoms with Crippen molar-refractivity contribution in [2.75, 3.05) is 13.1 Å². The summed E-state index contributed by atoms with van der Waals surface area (Å²) in [6.07, 6.45) is 5.61.